The molecule has 0 bridgehead atoms. The number of nitrogens with zero attached hydrogens (tertiary/aromatic N) is 4. The molecular weight excluding hydrogens is 393 g/mol. The molecule has 4 heterocycles. The van der Waals surface area contributed by atoms with Crippen LogP contribution in [0.1, 0.15) is 39.6 Å². The molecule has 148 valence electrons. The predicted molar refractivity (Wildman–Crippen MR) is 105 cm³/mol. The third kappa shape index (κ3) is 3.21. The average Bonchev–Trinajstić information content (AvgIpc) is 3.44. The van der Waals surface area contributed by atoms with Gasteiger partial charge in [-0.1, -0.05) is 6.07 Å². The van der Waals surface area contributed by atoms with E-state index in [0.29, 0.717) is 42.5 Å². The number of aryl methyl sites for hydroxylation is 2. The minimum Gasteiger partial charge on any atom is -0.458 e. The van der Waals surface area contributed by atoms with Gasteiger partial charge >= 0.3 is 0 Å². The Kier molecular flexibility index (Phi) is 4.39. The number of fused-ring (bicyclic) bond motifs is 2. The highest BCUT2D eigenvalue weighted by Gasteiger charge is 2.36. The first-order valence-electron chi connectivity index (χ1n) is 9.38. The van der Waals surface area contributed by atoms with Crippen molar-refractivity contribution in [1.29, 1.82) is 0 Å². The van der Waals surface area contributed by atoms with Crippen LogP contribution in [0, 0.1) is 12.7 Å². The van der Waals surface area contributed by atoms with Crippen molar-refractivity contribution in [2.75, 3.05) is 6.54 Å². The quantitative estimate of drug-likeness (QED) is 0.555. The molecule has 0 radical (unpaired) electrons. The lowest BCUT2D eigenvalue weighted by Gasteiger charge is -2.33. The normalized spacial score (nSPS) is 16.3. The highest BCUT2D eigenvalue weighted by Crippen LogP contribution is 2.37. The van der Waals surface area contributed by atoms with Crippen LogP contribution >= 0.6 is 11.3 Å². The van der Waals surface area contributed by atoms with E-state index in [1.165, 1.54) is 17.4 Å². The molecule has 0 unspecified atom stereocenters. The third-order valence-electron chi connectivity index (χ3n) is 5.16. The van der Waals surface area contributed by atoms with E-state index in [1.807, 2.05) is 6.92 Å². The zero-order valence-electron chi connectivity index (χ0n) is 15.7. The lowest BCUT2D eigenvalue weighted by molar-refractivity contribution is -0.133. The summed E-state index contributed by atoms with van der Waals surface area (Å²) < 4.78 is 20.1. The summed E-state index contributed by atoms with van der Waals surface area (Å²) in [6.45, 7) is 2.43. The van der Waals surface area contributed by atoms with Crippen molar-refractivity contribution >= 4 is 28.2 Å². The van der Waals surface area contributed by atoms with Crippen molar-refractivity contribution in [2.45, 2.75) is 32.2 Å². The molecule has 1 N–H and O–H groups in total. The number of H-pyrrole nitrogens is 1. The van der Waals surface area contributed by atoms with Gasteiger partial charge in [0.25, 0.3) is 0 Å². The first-order valence-corrected chi connectivity index (χ1v) is 10.2. The summed E-state index contributed by atoms with van der Waals surface area (Å²) in [6, 6.07) is 5.92. The molecule has 5 rings (SSSR count). The fourth-order valence-electron chi connectivity index (χ4n) is 3.81. The fourth-order valence-corrected chi connectivity index (χ4v) is 4.52. The third-order valence-corrected chi connectivity index (χ3v) is 6.06. The number of benzene rings is 1. The highest BCUT2D eigenvalue weighted by atomic mass is 32.1. The van der Waals surface area contributed by atoms with Crippen molar-refractivity contribution in [3.8, 4) is 0 Å². The Hall–Kier alpha value is -3.07. The van der Waals surface area contributed by atoms with Crippen molar-refractivity contribution in [3.63, 3.8) is 0 Å². The summed E-state index contributed by atoms with van der Waals surface area (Å²) in [7, 11) is 0. The fraction of sp³-hybridized carbons (Fsp3) is 0.300. The van der Waals surface area contributed by atoms with Crippen LogP contribution in [0.25, 0.3) is 11.0 Å². The van der Waals surface area contributed by atoms with E-state index in [-0.39, 0.29) is 11.7 Å². The average molecular weight is 411 g/mol. The monoisotopic (exact) mass is 411 g/mol. The van der Waals surface area contributed by atoms with E-state index in [2.05, 4.69) is 20.2 Å². The Labute approximate surface area is 169 Å². The molecule has 0 fully saturated rings. The van der Waals surface area contributed by atoms with Crippen LogP contribution in [-0.4, -0.2) is 37.5 Å². The number of amides is 1. The largest absolute Gasteiger partial charge is 0.458 e. The van der Waals surface area contributed by atoms with Gasteiger partial charge in [0.15, 0.2) is 0 Å². The summed E-state index contributed by atoms with van der Waals surface area (Å²) >= 11 is 1.50. The van der Waals surface area contributed by atoms with Crippen molar-refractivity contribution < 1.29 is 13.6 Å². The molecular formula is C20H18FN5O2S. The van der Waals surface area contributed by atoms with Crippen LogP contribution in [0.3, 0.4) is 0 Å². The number of rotatable bonds is 4. The molecule has 0 saturated carbocycles. The minimum atomic E-state index is -0.486. The lowest BCUT2D eigenvalue weighted by Crippen LogP contribution is -2.40. The van der Waals surface area contributed by atoms with Crippen molar-refractivity contribution in [1.82, 2.24) is 25.1 Å². The first-order chi connectivity index (χ1) is 14.1. The smallest absolute Gasteiger partial charge is 0.223 e. The van der Waals surface area contributed by atoms with Crippen molar-refractivity contribution in [2.24, 2.45) is 0 Å². The molecule has 1 amide bonds. The summed E-state index contributed by atoms with van der Waals surface area (Å²) in [4.78, 5) is 22.5. The van der Waals surface area contributed by atoms with Gasteiger partial charge in [-0.05, 0) is 25.1 Å². The molecule has 3 aromatic heterocycles. The van der Waals surface area contributed by atoms with Gasteiger partial charge in [0.1, 0.15) is 33.2 Å². The van der Waals surface area contributed by atoms with Gasteiger partial charge in [-0.3, -0.25) is 4.79 Å². The molecule has 1 aromatic carbocycles. The summed E-state index contributed by atoms with van der Waals surface area (Å²) in [6.07, 6.45) is 3.16. The van der Waals surface area contributed by atoms with Crippen LogP contribution in [0.15, 0.2) is 35.0 Å². The van der Waals surface area contributed by atoms with Crippen LogP contribution in [0.4, 0.5) is 4.39 Å². The Morgan fingerprint density at radius 1 is 1.41 bits per heavy atom. The number of hydrogen-bond acceptors (Lipinski definition) is 6. The Morgan fingerprint density at radius 3 is 3.10 bits per heavy atom. The maximum atomic E-state index is 14.2. The molecule has 0 saturated heterocycles. The number of imidazole rings is 1. The zero-order chi connectivity index (χ0) is 20.0. The lowest BCUT2D eigenvalue weighted by atomic mass is 9.99. The zero-order valence-corrected chi connectivity index (χ0v) is 16.5. The predicted octanol–water partition coefficient (Wildman–Crippen LogP) is 3.56. The molecule has 7 nitrogen and oxygen atoms in total. The first kappa shape index (κ1) is 18.0. The maximum absolute atomic E-state index is 14.2. The molecule has 29 heavy (non-hydrogen) atoms. The molecule has 1 atom stereocenters. The van der Waals surface area contributed by atoms with Crippen LogP contribution < -0.4 is 0 Å². The molecule has 1 aliphatic heterocycles. The number of aromatic nitrogens is 4. The number of halogens is 1. The van der Waals surface area contributed by atoms with Crippen LogP contribution in [-0.2, 0) is 17.6 Å². The SMILES string of the molecule is Cc1nnc(CCC(=O)N2CCc3[nH]cnc3[C@H]2c2cc3c(F)cccc3o2)s1. The van der Waals surface area contributed by atoms with Gasteiger partial charge in [-0.15, -0.1) is 21.5 Å². The summed E-state index contributed by atoms with van der Waals surface area (Å²) in [5.41, 5.74) is 2.18. The Bertz CT molecular complexity index is 1200. The minimum absolute atomic E-state index is 0.0163. The second kappa shape index (κ2) is 7.07. The summed E-state index contributed by atoms with van der Waals surface area (Å²) in [5, 5.41) is 10.2. The number of nitrogens with one attached hydrogen (secondary N) is 1. The van der Waals surface area contributed by atoms with Gasteiger partial charge in [0.2, 0.25) is 5.91 Å². The van der Waals surface area contributed by atoms with E-state index in [9.17, 15) is 9.18 Å². The second-order valence-electron chi connectivity index (χ2n) is 7.02. The van der Waals surface area contributed by atoms with E-state index in [1.54, 1.807) is 29.4 Å². The van der Waals surface area contributed by atoms with Crippen LogP contribution in [0.5, 0.6) is 0 Å². The van der Waals surface area contributed by atoms with Crippen molar-refractivity contribution in [3.05, 3.63) is 63.6 Å². The molecule has 0 aliphatic carbocycles. The summed E-state index contributed by atoms with van der Waals surface area (Å²) in [5.74, 6) is 0.149. The maximum Gasteiger partial charge on any atom is 0.223 e. The molecule has 1 aliphatic rings. The number of carbonyl (C=O) groups is 1. The van der Waals surface area contributed by atoms with E-state index < -0.39 is 6.04 Å². The molecule has 9 heteroatoms. The topological polar surface area (TPSA) is 87.9 Å². The second-order valence-corrected chi connectivity index (χ2v) is 8.29. The number of hydrogen-bond donors (Lipinski definition) is 1. The van der Waals surface area contributed by atoms with Gasteiger partial charge in [-0.25, -0.2) is 9.37 Å². The Balaban J connectivity index is 1.48. The van der Waals surface area contributed by atoms with Crippen LogP contribution in [0.2, 0.25) is 0 Å². The van der Waals surface area contributed by atoms with Gasteiger partial charge < -0.3 is 14.3 Å². The number of carbonyl (C=O) groups excluding carboxylic acids is 1. The van der Waals surface area contributed by atoms with E-state index in [4.69, 9.17) is 4.42 Å². The molecule has 4 aromatic rings. The van der Waals surface area contributed by atoms with Gasteiger partial charge in [0, 0.05) is 31.5 Å². The highest BCUT2D eigenvalue weighted by molar-refractivity contribution is 7.11. The van der Waals surface area contributed by atoms with Gasteiger partial charge in [-0.2, -0.15) is 0 Å². The number of aromatic amines is 1. The van der Waals surface area contributed by atoms with E-state index in [0.717, 1.165) is 21.4 Å². The molecule has 0 spiro atoms. The number of furan rings is 1. The Morgan fingerprint density at radius 2 is 2.31 bits per heavy atom. The van der Waals surface area contributed by atoms with E-state index >= 15 is 0 Å². The standard InChI is InChI=1S/C20H18FN5O2S/c1-11-24-25-17(29-11)5-6-18(27)26-8-7-14-19(23-10-22-14)20(26)16-9-12-13(21)3-2-4-15(12)28-16/h2-4,9-10,20H,5-8H2,1H3,(H,22,23)/t20-/m1/s1. The van der Waals surface area contributed by atoms with Gasteiger partial charge in [0.05, 0.1) is 17.4 Å².